The van der Waals surface area contributed by atoms with E-state index in [0.29, 0.717) is 18.8 Å². The summed E-state index contributed by atoms with van der Waals surface area (Å²) in [4.78, 5) is 11.7. The normalized spacial score (nSPS) is 21.7. The Labute approximate surface area is 119 Å². The van der Waals surface area contributed by atoms with Crippen LogP contribution in [0.15, 0.2) is 24.3 Å². The fraction of sp³-hybridized carbons (Fsp3) is 0.533. The molecule has 5 nitrogen and oxygen atoms in total. The number of carbonyl (C=O) groups is 1. The summed E-state index contributed by atoms with van der Waals surface area (Å²) in [7, 11) is 0. The van der Waals surface area contributed by atoms with E-state index in [2.05, 4.69) is 17.6 Å². The molecule has 3 N–H and O–H groups in total. The summed E-state index contributed by atoms with van der Waals surface area (Å²) in [5, 5.41) is 15.5. The smallest absolute Gasteiger partial charge is 0.257 e. The number of aliphatic hydroxyl groups is 1. The lowest BCUT2D eigenvalue weighted by atomic mass is 10.1. The van der Waals surface area contributed by atoms with E-state index in [-0.39, 0.29) is 24.5 Å². The van der Waals surface area contributed by atoms with Crippen molar-refractivity contribution in [1.29, 1.82) is 0 Å². The van der Waals surface area contributed by atoms with Gasteiger partial charge in [-0.3, -0.25) is 4.79 Å². The van der Waals surface area contributed by atoms with Gasteiger partial charge in [-0.15, -0.1) is 0 Å². The topological polar surface area (TPSA) is 70.6 Å². The summed E-state index contributed by atoms with van der Waals surface area (Å²) in [6, 6.07) is 7.73. The summed E-state index contributed by atoms with van der Waals surface area (Å²) in [6.45, 7) is 3.91. The maximum absolute atomic E-state index is 11.7. The summed E-state index contributed by atoms with van der Waals surface area (Å²) in [5.74, 6) is 0.617. The number of hydrogen-bond acceptors (Lipinski definition) is 4. The zero-order valence-electron chi connectivity index (χ0n) is 11.8. The molecule has 2 unspecified atom stereocenters. The minimum absolute atomic E-state index is 0.00170. The molecular formula is C15H22N2O3. The van der Waals surface area contributed by atoms with E-state index < -0.39 is 0 Å². The summed E-state index contributed by atoms with van der Waals surface area (Å²) >= 11 is 0. The fourth-order valence-corrected chi connectivity index (χ4v) is 2.19. The Hall–Kier alpha value is -1.59. The van der Waals surface area contributed by atoms with E-state index in [0.717, 1.165) is 13.0 Å². The van der Waals surface area contributed by atoms with Crippen molar-refractivity contribution in [3.63, 3.8) is 0 Å². The van der Waals surface area contributed by atoms with Crippen LogP contribution in [-0.4, -0.2) is 43.4 Å². The van der Waals surface area contributed by atoms with Crippen LogP contribution < -0.4 is 15.4 Å². The van der Waals surface area contributed by atoms with Crippen molar-refractivity contribution in [2.45, 2.75) is 19.4 Å². The number of amides is 1. The molecule has 1 amide bonds. The number of nitrogens with one attached hydrogen (secondary N) is 2. The van der Waals surface area contributed by atoms with Gasteiger partial charge in [0.2, 0.25) is 0 Å². The van der Waals surface area contributed by atoms with Gasteiger partial charge in [0.15, 0.2) is 6.61 Å². The second-order valence-electron chi connectivity index (χ2n) is 5.08. The lowest BCUT2D eigenvalue weighted by Gasteiger charge is -2.14. The lowest BCUT2D eigenvalue weighted by Crippen LogP contribution is -2.36. The van der Waals surface area contributed by atoms with Gasteiger partial charge in [0, 0.05) is 25.6 Å². The number of rotatable bonds is 6. The van der Waals surface area contributed by atoms with Gasteiger partial charge >= 0.3 is 0 Å². The predicted molar refractivity (Wildman–Crippen MR) is 76.7 cm³/mol. The minimum Gasteiger partial charge on any atom is -0.484 e. The molecule has 110 valence electrons. The Morgan fingerprint density at radius 2 is 2.15 bits per heavy atom. The van der Waals surface area contributed by atoms with Crippen molar-refractivity contribution < 1.29 is 14.6 Å². The van der Waals surface area contributed by atoms with Gasteiger partial charge in [-0.2, -0.15) is 0 Å². The van der Waals surface area contributed by atoms with Crippen LogP contribution in [0.1, 0.15) is 12.5 Å². The highest BCUT2D eigenvalue weighted by Crippen LogP contribution is 2.12. The third kappa shape index (κ3) is 4.21. The van der Waals surface area contributed by atoms with E-state index in [9.17, 15) is 9.90 Å². The summed E-state index contributed by atoms with van der Waals surface area (Å²) in [6.07, 6.45) is 0.608. The second-order valence-corrected chi connectivity index (χ2v) is 5.08. The fourth-order valence-electron chi connectivity index (χ4n) is 2.19. The zero-order valence-corrected chi connectivity index (χ0v) is 11.8. The van der Waals surface area contributed by atoms with Gasteiger partial charge in [0.25, 0.3) is 5.91 Å². The number of ether oxygens (including phenoxy) is 1. The quantitative estimate of drug-likeness (QED) is 0.701. The van der Waals surface area contributed by atoms with Crippen LogP contribution in [0.3, 0.4) is 0 Å². The first-order valence-electron chi connectivity index (χ1n) is 7.06. The van der Waals surface area contributed by atoms with Crippen LogP contribution in [0.5, 0.6) is 5.75 Å². The number of β-amino-alcohol motifs (C(OH)–C–C–N with tert-alkyl or cyclic N) is 1. The second kappa shape index (κ2) is 7.26. The first-order valence-corrected chi connectivity index (χ1v) is 7.06. The van der Waals surface area contributed by atoms with E-state index in [1.807, 2.05) is 24.3 Å². The molecule has 1 aromatic carbocycles. The molecule has 1 aliphatic rings. The van der Waals surface area contributed by atoms with Crippen molar-refractivity contribution in [1.82, 2.24) is 10.6 Å². The molecule has 0 saturated carbocycles. The molecule has 0 bridgehead atoms. The van der Waals surface area contributed by atoms with Crippen molar-refractivity contribution in [2.24, 2.45) is 5.92 Å². The molecule has 2 rings (SSSR count). The number of aliphatic hydroxyl groups excluding tert-OH is 1. The highest BCUT2D eigenvalue weighted by atomic mass is 16.5. The van der Waals surface area contributed by atoms with Crippen LogP contribution in [0.4, 0.5) is 0 Å². The number of carbonyl (C=O) groups excluding carboxylic acids is 1. The minimum atomic E-state index is -0.377. The molecule has 2 atom stereocenters. The van der Waals surface area contributed by atoms with E-state index in [1.54, 1.807) is 0 Å². The van der Waals surface area contributed by atoms with Crippen molar-refractivity contribution in [3.05, 3.63) is 29.8 Å². The molecule has 1 aliphatic heterocycles. The van der Waals surface area contributed by atoms with Gasteiger partial charge in [0.05, 0.1) is 6.10 Å². The largest absolute Gasteiger partial charge is 0.484 e. The third-order valence-corrected chi connectivity index (χ3v) is 3.57. The van der Waals surface area contributed by atoms with Crippen molar-refractivity contribution in [3.8, 4) is 5.75 Å². The van der Waals surface area contributed by atoms with Crippen molar-refractivity contribution >= 4 is 5.91 Å². The van der Waals surface area contributed by atoms with Crippen LogP contribution in [0.25, 0.3) is 0 Å². The molecule has 5 heteroatoms. The van der Waals surface area contributed by atoms with Gasteiger partial charge in [-0.05, 0) is 24.1 Å². The highest BCUT2D eigenvalue weighted by molar-refractivity contribution is 5.77. The molecule has 0 aliphatic carbocycles. The maximum Gasteiger partial charge on any atom is 0.257 e. The molecule has 1 fully saturated rings. The van der Waals surface area contributed by atoms with Gasteiger partial charge in [-0.25, -0.2) is 0 Å². The Balaban J connectivity index is 1.69. The monoisotopic (exact) mass is 278 g/mol. The van der Waals surface area contributed by atoms with Gasteiger partial charge in [-0.1, -0.05) is 19.1 Å². The number of aryl methyl sites for hydroxylation is 1. The Morgan fingerprint density at radius 3 is 2.75 bits per heavy atom. The molecular weight excluding hydrogens is 256 g/mol. The van der Waals surface area contributed by atoms with E-state index in [1.165, 1.54) is 5.56 Å². The molecule has 0 radical (unpaired) electrons. The van der Waals surface area contributed by atoms with E-state index >= 15 is 0 Å². The molecule has 1 aromatic rings. The third-order valence-electron chi connectivity index (χ3n) is 3.57. The standard InChI is InChI=1S/C15H22N2O3/c1-2-11-3-5-13(6-4-11)20-10-15(19)17-8-12-7-16-9-14(12)18/h3-6,12,14,16,18H,2,7-10H2,1H3,(H,17,19). The summed E-state index contributed by atoms with van der Waals surface area (Å²) in [5.41, 5.74) is 1.24. The molecule has 0 spiro atoms. The first-order chi connectivity index (χ1) is 9.69. The summed E-state index contributed by atoms with van der Waals surface area (Å²) < 4.78 is 5.42. The molecule has 0 aromatic heterocycles. The highest BCUT2D eigenvalue weighted by Gasteiger charge is 2.24. The SMILES string of the molecule is CCc1ccc(OCC(=O)NCC2CNCC2O)cc1. The number of hydrogen-bond donors (Lipinski definition) is 3. The average Bonchev–Trinajstić information content (AvgIpc) is 2.89. The molecule has 1 heterocycles. The molecule has 20 heavy (non-hydrogen) atoms. The van der Waals surface area contributed by atoms with Gasteiger partial charge in [0.1, 0.15) is 5.75 Å². The lowest BCUT2D eigenvalue weighted by molar-refractivity contribution is -0.123. The van der Waals surface area contributed by atoms with Crippen LogP contribution >= 0.6 is 0 Å². The Kier molecular flexibility index (Phi) is 5.38. The Morgan fingerprint density at radius 1 is 1.40 bits per heavy atom. The van der Waals surface area contributed by atoms with Gasteiger partial charge < -0.3 is 20.5 Å². The first kappa shape index (κ1) is 14.8. The zero-order chi connectivity index (χ0) is 14.4. The maximum atomic E-state index is 11.7. The van der Waals surface area contributed by atoms with Crippen LogP contribution in [0.2, 0.25) is 0 Å². The average molecular weight is 278 g/mol. The van der Waals surface area contributed by atoms with E-state index in [4.69, 9.17) is 4.74 Å². The van der Waals surface area contributed by atoms with Crippen LogP contribution in [-0.2, 0) is 11.2 Å². The molecule has 1 saturated heterocycles. The van der Waals surface area contributed by atoms with Crippen LogP contribution in [0, 0.1) is 5.92 Å². The van der Waals surface area contributed by atoms with Crippen molar-refractivity contribution in [2.75, 3.05) is 26.2 Å². The number of benzene rings is 1. The Bertz CT molecular complexity index is 433. The predicted octanol–water partition coefficient (Wildman–Crippen LogP) is 0.324.